The topological polar surface area (TPSA) is 26.3 Å². The normalized spacial score (nSPS) is 14.2. The smallest absolute Gasteiger partial charge is 0.150 e. The standard InChI is InChI=1S/C26H37O2P/c1-9-10-13-26(7,29-23-12-11-18(2)14-20(23)17-27)22-16-21(25(4,5)6)15-19(3)24(22)28-8/h11-12,14-17,29H,9-10,13H2,1-8H3. The highest BCUT2D eigenvalue weighted by Gasteiger charge is 2.33. The van der Waals surface area contributed by atoms with Crippen LogP contribution in [0.1, 0.15) is 86.5 Å². The number of aryl methyl sites for hydroxylation is 2. The summed E-state index contributed by atoms with van der Waals surface area (Å²) in [6, 6.07) is 10.9. The van der Waals surface area contributed by atoms with Crippen molar-refractivity contribution in [2.75, 3.05) is 7.11 Å². The summed E-state index contributed by atoms with van der Waals surface area (Å²) in [4.78, 5) is 11.8. The highest BCUT2D eigenvalue weighted by atomic mass is 31.1. The minimum atomic E-state index is -0.0829. The molecule has 2 atom stereocenters. The molecule has 0 aromatic heterocycles. The average molecular weight is 413 g/mol. The van der Waals surface area contributed by atoms with Crippen LogP contribution >= 0.6 is 8.58 Å². The minimum absolute atomic E-state index is 0.0678. The summed E-state index contributed by atoms with van der Waals surface area (Å²) < 4.78 is 5.92. The van der Waals surface area contributed by atoms with Gasteiger partial charge in [0.25, 0.3) is 0 Å². The van der Waals surface area contributed by atoms with Crippen molar-refractivity contribution in [2.45, 2.75) is 78.3 Å². The average Bonchev–Trinajstić information content (AvgIpc) is 2.66. The Balaban J connectivity index is 2.68. The summed E-state index contributed by atoms with van der Waals surface area (Å²) in [5.74, 6) is 0.990. The van der Waals surface area contributed by atoms with Crippen LogP contribution in [-0.2, 0) is 10.6 Å². The summed E-state index contributed by atoms with van der Waals surface area (Å²) in [6.45, 7) is 15.5. The molecule has 158 valence electrons. The Kier molecular flexibility index (Phi) is 7.68. The van der Waals surface area contributed by atoms with Crippen LogP contribution in [0.4, 0.5) is 0 Å². The molecule has 0 N–H and O–H groups in total. The summed E-state index contributed by atoms with van der Waals surface area (Å²) in [5, 5.41) is 1.06. The number of methoxy groups -OCH3 is 1. The lowest BCUT2D eigenvalue weighted by atomic mass is 9.82. The second kappa shape index (κ2) is 9.43. The Labute approximate surface area is 179 Å². The van der Waals surface area contributed by atoms with Gasteiger partial charge in [-0.15, -0.1) is 0 Å². The first-order chi connectivity index (χ1) is 13.6. The van der Waals surface area contributed by atoms with E-state index in [1.165, 1.54) is 16.7 Å². The van der Waals surface area contributed by atoms with E-state index in [1.54, 1.807) is 7.11 Å². The maximum Gasteiger partial charge on any atom is 0.150 e. The molecule has 0 spiro atoms. The Morgan fingerprint density at radius 1 is 1.07 bits per heavy atom. The highest BCUT2D eigenvalue weighted by molar-refractivity contribution is 7.48. The van der Waals surface area contributed by atoms with Crippen molar-refractivity contribution >= 4 is 20.2 Å². The Bertz CT molecular complexity index is 864. The van der Waals surface area contributed by atoms with E-state index in [4.69, 9.17) is 4.74 Å². The minimum Gasteiger partial charge on any atom is -0.496 e. The summed E-state index contributed by atoms with van der Waals surface area (Å²) in [7, 11) is 2.27. The van der Waals surface area contributed by atoms with Gasteiger partial charge >= 0.3 is 0 Å². The van der Waals surface area contributed by atoms with Crippen LogP contribution in [0.2, 0.25) is 0 Å². The van der Waals surface area contributed by atoms with Crippen LogP contribution in [0.3, 0.4) is 0 Å². The first-order valence-electron chi connectivity index (χ1n) is 10.6. The van der Waals surface area contributed by atoms with Crippen molar-refractivity contribution in [2.24, 2.45) is 0 Å². The first-order valence-corrected chi connectivity index (χ1v) is 11.6. The van der Waals surface area contributed by atoms with E-state index in [-0.39, 0.29) is 10.6 Å². The van der Waals surface area contributed by atoms with E-state index in [1.807, 2.05) is 13.0 Å². The number of hydrogen-bond acceptors (Lipinski definition) is 2. The molecule has 0 amide bonds. The zero-order chi connectivity index (χ0) is 21.8. The van der Waals surface area contributed by atoms with E-state index >= 15 is 0 Å². The summed E-state index contributed by atoms with van der Waals surface area (Å²) in [5.41, 5.74) is 5.79. The molecule has 2 nitrogen and oxygen atoms in total. The van der Waals surface area contributed by atoms with Gasteiger partial charge in [0, 0.05) is 16.3 Å². The van der Waals surface area contributed by atoms with Gasteiger partial charge in [-0.25, -0.2) is 0 Å². The predicted octanol–water partition coefficient (Wildman–Crippen LogP) is 6.83. The number of aldehydes is 1. The van der Waals surface area contributed by atoms with Crippen molar-refractivity contribution in [3.05, 3.63) is 58.1 Å². The molecule has 2 unspecified atom stereocenters. The Morgan fingerprint density at radius 3 is 2.31 bits per heavy atom. The lowest BCUT2D eigenvalue weighted by molar-refractivity contribution is 0.112. The fourth-order valence-corrected chi connectivity index (χ4v) is 5.53. The van der Waals surface area contributed by atoms with E-state index in [2.05, 4.69) is 65.8 Å². The summed E-state index contributed by atoms with van der Waals surface area (Å²) in [6.07, 6.45) is 4.36. The van der Waals surface area contributed by atoms with Gasteiger partial charge in [0.1, 0.15) is 5.75 Å². The third-order valence-corrected chi connectivity index (χ3v) is 7.51. The van der Waals surface area contributed by atoms with E-state index in [9.17, 15) is 4.79 Å². The molecule has 29 heavy (non-hydrogen) atoms. The van der Waals surface area contributed by atoms with Gasteiger partial charge in [-0.1, -0.05) is 85.9 Å². The molecule has 2 aromatic rings. The Morgan fingerprint density at radius 2 is 1.76 bits per heavy atom. The molecule has 2 aromatic carbocycles. The largest absolute Gasteiger partial charge is 0.496 e. The van der Waals surface area contributed by atoms with E-state index in [0.29, 0.717) is 8.58 Å². The number of rotatable bonds is 8. The van der Waals surface area contributed by atoms with Gasteiger partial charge in [0.15, 0.2) is 6.29 Å². The molecule has 0 aliphatic rings. The van der Waals surface area contributed by atoms with Crippen LogP contribution in [0, 0.1) is 13.8 Å². The number of benzene rings is 2. The van der Waals surface area contributed by atoms with Gasteiger partial charge in [-0.3, -0.25) is 4.79 Å². The van der Waals surface area contributed by atoms with Crippen molar-refractivity contribution in [1.82, 2.24) is 0 Å². The second-order valence-electron chi connectivity index (χ2n) is 9.39. The maximum absolute atomic E-state index is 11.8. The van der Waals surface area contributed by atoms with Gasteiger partial charge in [0.05, 0.1) is 7.11 Å². The molecule has 0 aliphatic heterocycles. The monoisotopic (exact) mass is 412 g/mol. The van der Waals surface area contributed by atoms with Gasteiger partial charge in [-0.05, 0) is 48.2 Å². The lowest BCUT2D eigenvalue weighted by Gasteiger charge is -2.35. The van der Waals surface area contributed by atoms with Gasteiger partial charge < -0.3 is 4.74 Å². The quantitative estimate of drug-likeness (QED) is 0.351. The maximum atomic E-state index is 11.8. The lowest BCUT2D eigenvalue weighted by Crippen LogP contribution is -2.24. The van der Waals surface area contributed by atoms with Crippen molar-refractivity contribution in [1.29, 1.82) is 0 Å². The molecular weight excluding hydrogens is 375 g/mol. The van der Waals surface area contributed by atoms with Gasteiger partial charge in [-0.2, -0.15) is 0 Å². The number of carbonyl (C=O) groups excluding carboxylic acids is 1. The molecule has 0 saturated heterocycles. The second-order valence-corrected chi connectivity index (χ2v) is 11.3. The third-order valence-electron chi connectivity index (χ3n) is 5.71. The number of hydrogen-bond donors (Lipinski definition) is 0. The van der Waals surface area contributed by atoms with Crippen LogP contribution in [-0.4, -0.2) is 13.4 Å². The van der Waals surface area contributed by atoms with Crippen LogP contribution in [0.15, 0.2) is 30.3 Å². The molecule has 0 bridgehead atoms. The zero-order valence-corrected chi connectivity index (χ0v) is 20.4. The third kappa shape index (κ3) is 5.48. The molecule has 0 fully saturated rings. The number of ether oxygens (including phenoxy) is 1. The first kappa shape index (κ1) is 23.6. The van der Waals surface area contributed by atoms with Crippen molar-refractivity contribution in [3.8, 4) is 5.75 Å². The molecule has 0 radical (unpaired) electrons. The zero-order valence-electron chi connectivity index (χ0n) is 19.4. The molecular formula is C26H37O2P. The number of unbranched alkanes of at least 4 members (excludes halogenated alkanes) is 1. The Hall–Kier alpha value is -1.66. The molecule has 0 heterocycles. The fourth-order valence-electron chi connectivity index (χ4n) is 3.87. The number of carbonyl (C=O) groups is 1. The summed E-state index contributed by atoms with van der Waals surface area (Å²) >= 11 is 0. The SMILES string of the molecule is CCCCC(C)(Pc1ccc(C)cc1C=O)c1cc(C(C)(C)C)cc(C)c1OC. The fraction of sp³-hybridized carbons (Fsp3) is 0.500. The van der Waals surface area contributed by atoms with Crippen LogP contribution in [0.5, 0.6) is 5.75 Å². The van der Waals surface area contributed by atoms with E-state index < -0.39 is 0 Å². The van der Waals surface area contributed by atoms with Crippen LogP contribution in [0.25, 0.3) is 0 Å². The van der Waals surface area contributed by atoms with Crippen molar-refractivity contribution < 1.29 is 9.53 Å². The van der Waals surface area contributed by atoms with Crippen molar-refractivity contribution in [3.63, 3.8) is 0 Å². The highest BCUT2D eigenvalue weighted by Crippen LogP contribution is 2.50. The van der Waals surface area contributed by atoms with E-state index in [0.717, 1.165) is 47.7 Å². The molecule has 2 rings (SSSR count). The molecule has 3 heteroatoms. The molecule has 0 saturated carbocycles. The predicted molar refractivity (Wildman–Crippen MR) is 128 cm³/mol. The van der Waals surface area contributed by atoms with Crippen LogP contribution < -0.4 is 10.0 Å². The molecule has 0 aliphatic carbocycles. The van der Waals surface area contributed by atoms with Gasteiger partial charge in [0.2, 0.25) is 0 Å².